The van der Waals surface area contributed by atoms with Crippen molar-refractivity contribution in [1.82, 2.24) is 25.1 Å². The van der Waals surface area contributed by atoms with Crippen LogP contribution in [-0.2, 0) is 0 Å². The number of ether oxygens (including phenoxy) is 2. The van der Waals surface area contributed by atoms with Gasteiger partial charge >= 0.3 is 0 Å². The summed E-state index contributed by atoms with van der Waals surface area (Å²) in [5.74, 6) is 0.567. The smallest absolute Gasteiger partial charge is 0.255 e. The summed E-state index contributed by atoms with van der Waals surface area (Å²) in [6.07, 6.45) is 7.92. The third-order valence-electron chi connectivity index (χ3n) is 6.63. The van der Waals surface area contributed by atoms with Crippen molar-refractivity contribution in [3.8, 4) is 11.6 Å². The van der Waals surface area contributed by atoms with Crippen molar-refractivity contribution < 1.29 is 24.2 Å². The molecule has 0 bridgehead atoms. The lowest BCUT2D eigenvalue weighted by Gasteiger charge is -2.29. The molecule has 2 fully saturated rings. The first-order chi connectivity index (χ1) is 17.2. The fraction of sp³-hybridized carbons (Fsp3) is 0.520. The number of hydrogen-bond donors (Lipinski definition) is 4. The molecule has 0 saturated heterocycles. The van der Waals surface area contributed by atoms with Crippen molar-refractivity contribution in [2.45, 2.75) is 76.0 Å². The number of fused-ring (bicyclic) bond motifs is 1. The van der Waals surface area contributed by atoms with E-state index in [9.17, 15) is 14.7 Å². The number of aromatic nitrogens is 4. The third-order valence-corrected chi connectivity index (χ3v) is 6.63. The average Bonchev–Trinajstić information content (AvgIpc) is 3.39. The second kappa shape index (κ2) is 9.45. The second-order valence-corrected chi connectivity index (χ2v) is 10.4. The molecule has 11 heteroatoms. The molecule has 0 unspecified atom stereocenters. The van der Waals surface area contributed by atoms with E-state index in [2.05, 4.69) is 20.6 Å². The normalized spacial score (nSPS) is 20.3. The van der Waals surface area contributed by atoms with Crippen LogP contribution in [0.5, 0.6) is 11.6 Å². The van der Waals surface area contributed by atoms with Gasteiger partial charge in [-0.3, -0.25) is 9.59 Å². The lowest BCUT2D eigenvalue weighted by molar-refractivity contribution is 0.0279. The van der Waals surface area contributed by atoms with Crippen molar-refractivity contribution in [2.24, 2.45) is 5.73 Å². The fourth-order valence-electron chi connectivity index (χ4n) is 4.63. The Bertz CT molecular complexity index is 1260. The minimum Gasteiger partial charge on any atom is -0.489 e. The molecule has 3 aromatic rings. The minimum atomic E-state index is -0.947. The summed E-state index contributed by atoms with van der Waals surface area (Å²) in [5, 5.41) is 24.2. The molecule has 5 rings (SSSR count). The van der Waals surface area contributed by atoms with E-state index in [-0.39, 0.29) is 30.2 Å². The van der Waals surface area contributed by atoms with E-state index in [0.29, 0.717) is 23.1 Å². The average molecular weight is 497 g/mol. The van der Waals surface area contributed by atoms with Crippen LogP contribution in [0.15, 0.2) is 24.5 Å². The van der Waals surface area contributed by atoms with Gasteiger partial charge in [0, 0.05) is 12.0 Å². The molecular formula is C25H32N6O5. The molecule has 0 spiro atoms. The zero-order valence-electron chi connectivity index (χ0n) is 20.5. The number of H-pyrrole nitrogens is 1. The van der Waals surface area contributed by atoms with Crippen LogP contribution in [0, 0.1) is 0 Å². The third kappa shape index (κ3) is 5.15. The van der Waals surface area contributed by atoms with Crippen molar-refractivity contribution in [3.05, 3.63) is 41.3 Å². The van der Waals surface area contributed by atoms with Gasteiger partial charge in [0.1, 0.15) is 24.0 Å². The van der Waals surface area contributed by atoms with E-state index in [4.69, 9.17) is 15.2 Å². The summed E-state index contributed by atoms with van der Waals surface area (Å²) in [4.78, 5) is 24.6. The number of nitrogens with one attached hydrogen (secondary N) is 2. The summed E-state index contributed by atoms with van der Waals surface area (Å²) in [5.41, 5.74) is 6.84. The fourth-order valence-corrected chi connectivity index (χ4v) is 4.63. The Labute approximate surface area is 208 Å². The Morgan fingerprint density at radius 2 is 1.92 bits per heavy atom. The Balaban J connectivity index is 1.23. The number of primary amides is 1. The number of nitrogens with zero attached hydrogens (tertiary/aromatic N) is 3. The molecule has 2 amide bonds. The van der Waals surface area contributed by atoms with Crippen molar-refractivity contribution in [2.75, 3.05) is 6.61 Å². The van der Waals surface area contributed by atoms with E-state index in [1.165, 1.54) is 6.20 Å². The zero-order valence-corrected chi connectivity index (χ0v) is 20.5. The second-order valence-electron chi connectivity index (χ2n) is 10.4. The van der Waals surface area contributed by atoms with Crippen LogP contribution in [0.25, 0.3) is 5.52 Å². The molecular weight excluding hydrogens is 464 g/mol. The highest BCUT2D eigenvalue weighted by atomic mass is 16.5. The number of aliphatic hydroxyl groups is 1. The molecule has 0 aromatic carbocycles. The lowest BCUT2D eigenvalue weighted by atomic mass is 9.92. The van der Waals surface area contributed by atoms with Crippen LogP contribution in [0.4, 0.5) is 0 Å². The standard InChI is InChI=1S/C25H32N6O5/c1-25(2,34)13-35-20-10-9-19-17(12-28-31(19)21(20)14-3-4-14)23(33)29-15-5-7-16(8-6-15)36-24-18(22(26)32)11-27-30-24/h9-12,14-16,34H,3-8,13H2,1-2H3,(H2,26,32)(H,27,30)(H,29,33)/t15-,16-. The van der Waals surface area contributed by atoms with Gasteiger partial charge in [-0.05, 0) is 64.5 Å². The van der Waals surface area contributed by atoms with E-state index in [0.717, 1.165) is 49.7 Å². The maximum atomic E-state index is 13.2. The summed E-state index contributed by atoms with van der Waals surface area (Å²) in [6, 6.07) is 3.73. The van der Waals surface area contributed by atoms with Crippen LogP contribution in [0.2, 0.25) is 0 Å². The number of aromatic amines is 1. The summed E-state index contributed by atoms with van der Waals surface area (Å²) in [6.45, 7) is 3.57. The zero-order chi connectivity index (χ0) is 25.4. The van der Waals surface area contributed by atoms with Gasteiger partial charge in [-0.25, -0.2) is 9.61 Å². The van der Waals surface area contributed by atoms with Crippen LogP contribution >= 0.6 is 0 Å². The quantitative estimate of drug-likeness (QED) is 0.354. The van der Waals surface area contributed by atoms with Gasteiger partial charge in [0.2, 0.25) is 5.88 Å². The topological polar surface area (TPSA) is 157 Å². The molecule has 2 aliphatic rings. The molecule has 0 aliphatic heterocycles. The molecule has 192 valence electrons. The minimum absolute atomic E-state index is 0.0157. The van der Waals surface area contributed by atoms with E-state index < -0.39 is 11.5 Å². The first-order valence-electron chi connectivity index (χ1n) is 12.4. The van der Waals surface area contributed by atoms with Crippen LogP contribution in [0.3, 0.4) is 0 Å². The van der Waals surface area contributed by atoms with Crippen LogP contribution in [-0.4, -0.2) is 61.1 Å². The van der Waals surface area contributed by atoms with Gasteiger partial charge in [0.15, 0.2) is 0 Å². The molecule has 2 aliphatic carbocycles. The number of carbonyl (C=O) groups excluding carboxylic acids is 2. The number of carbonyl (C=O) groups is 2. The number of nitrogens with two attached hydrogens (primary N) is 1. The molecule has 2 saturated carbocycles. The molecule has 0 radical (unpaired) electrons. The molecule has 3 aromatic heterocycles. The van der Waals surface area contributed by atoms with E-state index >= 15 is 0 Å². The molecule has 5 N–H and O–H groups in total. The first kappa shape index (κ1) is 24.1. The Morgan fingerprint density at radius 1 is 1.17 bits per heavy atom. The number of amides is 2. The molecule has 0 atom stereocenters. The summed E-state index contributed by atoms with van der Waals surface area (Å²) < 4.78 is 13.6. The Hall–Kier alpha value is -3.60. The summed E-state index contributed by atoms with van der Waals surface area (Å²) in [7, 11) is 0. The van der Waals surface area contributed by atoms with Gasteiger partial charge in [-0.1, -0.05) is 0 Å². The van der Waals surface area contributed by atoms with Gasteiger partial charge < -0.3 is 25.6 Å². The van der Waals surface area contributed by atoms with Crippen molar-refractivity contribution in [1.29, 1.82) is 0 Å². The Morgan fingerprint density at radius 3 is 2.58 bits per heavy atom. The predicted molar refractivity (Wildman–Crippen MR) is 130 cm³/mol. The molecule has 3 heterocycles. The Kier molecular flexibility index (Phi) is 6.33. The summed E-state index contributed by atoms with van der Waals surface area (Å²) >= 11 is 0. The molecule has 36 heavy (non-hydrogen) atoms. The number of rotatable bonds is 9. The van der Waals surface area contributed by atoms with Gasteiger partial charge in [0.25, 0.3) is 11.8 Å². The largest absolute Gasteiger partial charge is 0.489 e. The maximum Gasteiger partial charge on any atom is 0.255 e. The van der Waals surface area contributed by atoms with Gasteiger partial charge in [-0.15, -0.1) is 0 Å². The number of hydrogen-bond acceptors (Lipinski definition) is 7. The van der Waals surface area contributed by atoms with E-state index in [1.54, 1.807) is 24.6 Å². The lowest BCUT2D eigenvalue weighted by Crippen LogP contribution is -2.39. The molecule has 11 nitrogen and oxygen atoms in total. The highest BCUT2D eigenvalue weighted by Crippen LogP contribution is 2.44. The van der Waals surface area contributed by atoms with Crippen LogP contribution < -0.4 is 20.5 Å². The van der Waals surface area contributed by atoms with Crippen molar-refractivity contribution >= 4 is 17.3 Å². The monoisotopic (exact) mass is 496 g/mol. The SMILES string of the molecule is CC(C)(O)COc1ccc2c(C(=O)N[C@H]3CC[C@H](Oc4[nH]ncc4C(N)=O)CC3)cnn2c1C1CC1. The first-order valence-corrected chi connectivity index (χ1v) is 12.4. The highest BCUT2D eigenvalue weighted by molar-refractivity contribution is 6.01. The highest BCUT2D eigenvalue weighted by Gasteiger charge is 2.32. The maximum absolute atomic E-state index is 13.2. The van der Waals surface area contributed by atoms with Gasteiger partial charge in [-0.2, -0.15) is 10.2 Å². The van der Waals surface area contributed by atoms with Crippen molar-refractivity contribution in [3.63, 3.8) is 0 Å². The van der Waals surface area contributed by atoms with Crippen LogP contribution in [0.1, 0.15) is 84.7 Å². The number of pyridine rings is 1. The van der Waals surface area contributed by atoms with Gasteiger partial charge in [0.05, 0.1) is 34.8 Å². The van der Waals surface area contributed by atoms with E-state index in [1.807, 2.05) is 12.1 Å². The predicted octanol–water partition coefficient (Wildman–Crippen LogP) is 2.30.